The number of rotatable bonds is 2. The molecular formula is C9H9IO2. The minimum absolute atomic E-state index is 0.178. The van der Waals surface area contributed by atoms with Crippen LogP contribution in [0.1, 0.15) is 18.4 Å². The Morgan fingerprint density at radius 3 is 2.50 bits per heavy atom. The van der Waals surface area contributed by atoms with Gasteiger partial charge in [0.2, 0.25) is 0 Å². The highest BCUT2D eigenvalue weighted by Crippen LogP contribution is 2.16. The maximum Gasteiger partial charge on any atom is 0.322 e. The molecule has 0 radical (unpaired) electrons. The van der Waals surface area contributed by atoms with Crippen molar-refractivity contribution >= 4 is 29.0 Å². The fraction of sp³-hybridized carbons (Fsp3) is 0.222. The molecule has 1 rings (SSSR count). The van der Waals surface area contributed by atoms with Crippen LogP contribution < -0.4 is 0 Å². The molecule has 0 N–H and O–H groups in total. The number of hydrogen-bond donors (Lipinski definition) is 0. The summed E-state index contributed by atoms with van der Waals surface area (Å²) in [5.74, 6) is -0.384. The summed E-state index contributed by atoms with van der Waals surface area (Å²) in [6, 6.07) is 9.57. The topological polar surface area (TPSA) is 26.3 Å². The lowest BCUT2D eigenvalue weighted by molar-refractivity contribution is -0.132. The van der Waals surface area contributed by atoms with Gasteiger partial charge in [0.05, 0.1) is 5.92 Å². The van der Waals surface area contributed by atoms with Crippen LogP contribution in [0.25, 0.3) is 0 Å². The van der Waals surface area contributed by atoms with Crippen LogP contribution in [0.3, 0.4) is 0 Å². The zero-order chi connectivity index (χ0) is 8.97. The van der Waals surface area contributed by atoms with Crippen molar-refractivity contribution in [2.24, 2.45) is 0 Å². The van der Waals surface area contributed by atoms with Gasteiger partial charge in [0.1, 0.15) is 0 Å². The summed E-state index contributed by atoms with van der Waals surface area (Å²) < 4.78 is 4.60. The molecule has 0 aromatic heterocycles. The second-order valence-electron chi connectivity index (χ2n) is 2.53. The third-order valence-electron chi connectivity index (χ3n) is 1.73. The lowest BCUT2D eigenvalue weighted by Crippen LogP contribution is -2.07. The summed E-state index contributed by atoms with van der Waals surface area (Å²) in [6.07, 6.45) is 0. The fourth-order valence-electron chi connectivity index (χ4n) is 0.945. The van der Waals surface area contributed by atoms with Gasteiger partial charge in [-0.25, -0.2) is 0 Å². The van der Waals surface area contributed by atoms with Crippen molar-refractivity contribution in [1.29, 1.82) is 0 Å². The van der Waals surface area contributed by atoms with Crippen LogP contribution in [0.15, 0.2) is 30.3 Å². The van der Waals surface area contributed by atoms with Gasteiger partial charge in [0, 0.05) is 0 Å². The largest absolute Gasteiger partial charge is 0.394 e. The molecular weight excluding hydrogens is 267 g/mol. The average Bonchev–Trinajstić information content (AvgIpc) is 2.17. The van der Waals surface area contributed by atoms with Crippen LogP contribution in [0.2, 0.25) is 0 Å². The van der Waals surface area contributed by atoms with Gasteiger partial charge in [-0.3, -0.25) is 4.79 Å². The minimum atomic E-state index is -0.207. The Bertz CT molecular complexity index is 258. The predicted octanol–water partition coefficient (Wildman–Crippen LogP) is 2.68. The van der Waals surface area contributed by atoms with Crippen molar-refractivity contribution in [3.8, 4) is 0 Å². The standard InChI is InChI=1S/C9H9IO2/c1-7(9(11)12-10)8-5-3-2-4-6-8/h2-7H,1H3. The summed E-state index contributed by atoms with van der Waals surface area (Å²) in [5, 5.41) is 0. The Kier molecular flexibility index (Phi) is 3.52. The van der Waals surface area contributed by atoms with Crippen molar-refractivity contribution in [2.45, 2.75) is 12.8 Å². The van der Waals surface area contributed by atoms with E-state index in [2.05, 4.69) is 3.07 Å². The zero-order valence-electron chi connectivity index (χ0n) is 6.66. The normalized spacial score (nSPS) is 12.2. The molecule has 0 aliphatic carbocycles. The lowest BCUT2D eigenvalue weighted by Gasteiger charge is -2.06. The van der Waals surface area contributed by atoms with Gasteiger partial charge >= 0.3 is 5.97 Å². The third kappa shape index (κ3) is 2.20. The van der Waals surface area contributed by atoms with Gasteiger partial charge in [-0.05, 0) is 12.5 Å². The molecule has 1 unspecified atom stereocenters. The molecule has 2 nitrogen and oxygen atoms in total. The van der Waals surface area contributed by atoms with E-state index in [1.54, 1.807) is 23.0 Å². The third-order valence-corrected chi connectivity index (χ3v) is 2.16. The lowest BCUT2D eigenvalue weighted by atomic mass is 10.0. The smallest absolute Gasteiger partial charge is 0.322 e. The van der Waals surface area contributed by atoms with Crippen molar-refractivity contribution in [3.05, 3.63) is 35.9 Å². The monoisotopic (exact) mass is 276 g/mol. The molecule has 0 spiro atoms. The highest BCUT2D eigenvalue weighted by Gasteiger charge is 2.14. The Labute approximate surface area is 85.6 Å². The molecule has 1 aromatic carbocycles. The molecule has 64 valence electrons. The first-order valence-corrected chi connectivity index (χ1v) is 4.51. The van der Waals surface area contributed by atoms with E-state index >= 15 is 0 Å². The van der Waals surface area contributed by atoms with Gasteiger partial charge < -0.3 is 3.07 Å². The maximum atomic E-state index is 11.1. The van der Waals surface area contributed by atoms with Gasteiger partial charge in [0.25, 0.3) is 0 Å². The van der Waals surface area contributed by atoms with Crippen molar-refractivity contribution < 1.29 is 7.86 Å². The van der Waals surface area contributed by atoms with E-state index in [0.717, 1.165) is 5.56 Å². The summed E-state index contributed by atoms with van der Waals surface area (Å²) in [5.41, 5.74) is 0.985. The van der Waals surface area contributed by atoms with Crippen LogP contribution >= 0.6 is 23.0 Å². The molecule has 3 heteroatoms. The van der Waals surface area contributed by atoms with Gasteiger partial charge in [-0.2, -0.15) is 0 Å². The zero-order valence-corrected chi connectivity index (χ0v) is 8.82. The van der Waals surface area contributed by atoms with E-state index in [9.17, 15) is 4.79 Å². The molecule has 0 aliphatic heterocycles. The Balaban J connectivity index is 2.78. The summed E-state index contributed by atoms with van der Waals surface area (Å²) >= 11 is 1.61. The van der Waals surface area contributed by atoms with Crippen molar-refractivity contribution in [2.75, 3.05) is 0 Å². The molecule has 0 fully saturated rings. The second kappa shape index (κ2) is 4.45. The van der Waals surface area contributed by atoms with Crippen molar-refractivity contribution in [3.63, 3.8) is 0 Å². The first-order valence-electron chi connectivity index (χ1n) is 3.63. The van der Waals surface area contributed by atoms with E-state index < -0.39 is 0 Å². The summed E-state index contributed by atoms with van der Waals surface area (Å²) in [7, 11) is 0. The van der Waals surface area contributed by atoms with Crippen molar-refractivity contribution in [1.82, 2.24) is 0 Å². The van der Waals surface area contributed by atoms with E-state index in [4.69, 9.17) is 0 Å². The van der Waals surface area contributed by atoms with Crippen LogP contribution in [-0.4, -0.2) is 5.97 Å². The maximum absolute atomic E-state index is 11.1. The quantitative estimate of drug-likeness (QED) is 0.776. The predicted molar refractivity (Wildman–Crippen MR) is 55.0 cm³/mol. The number of carbonyl (C=O) groups is 1. The van der Waals surface area contributed by atoms with Crippen LogP contribution in [0, 0.1) is 0 Å². The average molecular weight is 276 g/mol. The first kappa shape index (κ1) is 9.51. The number of benzene rings is 1. The minimum Gasteiger partial charge on any atom is -0.394 e. The highest BCUT2D eigenvalue weighted by atomic mass is 127. The Morgan fingerprint density at radius 2 is 2.00 bits per heavy atom. The van der Waals surface area contributed by atoms with Crippen LogP contribution in [0.4, 0.5) is 0 Å². The Hall–Kier alpha value is -0.580. The molecule has 1 atom stereocenters. The highest BCUT2D eigenvalue weighted by molar-refractivity contribution is 14.1. The molecule has 0 bridgehead atoms. The molecule has 1 aromatic rings. The van der Waals surface area contributed by atoms with Gasteiger partial charge in [-0.1, -0.05) is 30.3 Å². The van der Waals surface area contributed by atoms with E-state index in [1.807, 2.05) is 37.3 Å². The molecule has 0 aliphatic rings. The number of halogens is 1. The molecule has 0 saturated carbocycles. The van der Waals surface area contributed by atoms with E-state index in [0.29, 0.717) is 0 Å². The number of carbonyl (C=O) groups excluding carboxylic acids is 1. The van der Waals surface area contributed by atoms with E-state index in [-0.39, 0.29) is 11.9 Å². The molecule has 12 heavy (non-hydrogen) atoms. The number of hydrogen-bond acceptors (Lipinski definition) is 2. The summed E-state index contributed by atoms with van der Waals surface area (Å²) in [4.78, 5) is 11.1. The second-order valence-corrected chi connectivity index (χ2v) is 2.97. The van der Waals surface area contributed by atoms with E-state index in [1.165, 1.54) is 0 Å². The van der Waals surface area contributed by atoms with Crippen LogP contribution in [0.5, 0.6) is 0 Å². The molecule has 0 saturated heterocycles. The Morgan fingerprint density at radius 1 is 1.42 bits per heavy atom. The first-order chi connectivity index (χ1) is 5.75. The van der Waals surface area contributed by atoms with Gasteiger partial charge in [-0.15, -0.1) is 0 Å². The van der Waals surface area contributed by atoms with Gasteiger partial charge in [0.15, 0.2) is 23.0 Å². The summed E-state index contributed by atoms with van der Waals surface area (Å²) in [6.45, 7) is 1.83. The SMILES string of the molecule is CC(C(=O)OI)c1ccccc1. The van der Waals surface area contributed by atoms with Crippen LogP contribution in [-0.2, 0) is 7.86 Å². The molecule has 0 amide bonds. The molecule has 0 heterocycles. The fourth-order valence-corrected chi connectivity index (χ4v) is 1.33.